The highest BCUT2D eigenvalue weighted by atomic mass is 32.1. The predicted octanol–water partition coefficient (Wildman–Crippen LogP) is 3.03. The van der Waals surface area contributed by atoms with E-state index in [1.54, 1.807) is 11.3 Å². The van der Waals surface area contributed by atoms with E-state index in [0.29, 0.717) is 0 Å². The van der Waals surface area contributed by atoms with Gasteiger partial charge >= 0.3 is 0 Å². The molecule has 10 heavy (non-hydrogen) atoms. The van der Waals surface area contributed by atoms with Crippen molar-refractivity contribution in [2.45, 2.75) is 20.3 Å². The molecule has 54 valence electrons. The maximum atomic E-state index is 4.23. The van der Waals surface area contributed by atoms with E-state index in [2.05, 4.69) is 23.4 Å². The standard InChI is InChI=1S/C8H11NS/c1-3-7-5-6-10-8(7)9-4-2/h4-6H,3H2,1-2H3. The molecule has 0 aliphatic rings. The second-order valence-electron chi connectivity index (χ2n) is 1.99. The van der Waals surface area contributed by atoms with Crippen LogP contribution in [0.25, 0.3) is 0 Å². The minimum absolute atomic E-state index is 1.08. The summed E-state index contributed by atoms with van der Waals surface area (Å²) in [5, 5.41) is 3.24. The molecule has 1 aromatic rings. The maximum Gasteiger partial charge on any atom is 0.118 e. The van der Waals surface area contributed by atoms with Crippen LogP contribution in [0.3, 0.4) is 0 Å². The van der Waals surface area contributed by atoms with E-state index in [4.69, 9.17) is 0 Å². The van der Waals surface area contributed by atoms with Crippen LogP contribution in [-0.4, -0.2) is 6.21 Å². The lowest BCUT2D eigenvalue weighted by Crippen LogP contribution is -1.71. The van der Waals surface area contributed by atoms with Gasteiger partial charge in [0, 0.05) is 6.21 Å². The van der Waals surface area contributed by atoms with Crippen molar-refractivity contribution in [3.05, 3.63) is 17.0 Å². The Kier molecular flexibility index (Phi) is 2.63. The molecule has 0 aliphatic carbocycles. The van der Waals surface area contributed by atoms with Crippen LogP contribution >= 0.6 is 11.3 Å². The van der Waals surface area contributed by atoms with Gasteiger partial charge in [-0.25, -0.2) is 0 Å². The fraction of sp³-hybridized carbons (Fsp3) is 0.375. The third-order valence-electron chi connectivity index (χ3n) is 1.35. The quantitative estimate of drug-likeness (QED) is 0.579. The van der Waals surface area contributed by atoms with Gasteiger partial charge < -0.3 is 0 Å². The molecule has 0 aliphatic heterocycles. The average molecular weight is 153 g/mol. The Hall–Kier alpha value is -0.630. The molecule has 1 heterocycles. The molecule has 0 N–H and O–H groups in total. The maximum absolute atomic E-state index is 4.23. The number of hydrogen-bond donors (Lipinski definition) is 0. The van der Waals surface area contributed by atoms with Crippen molar-refractivity contribution in [2.24, 2.45) is 4.99 Å². The number of thiophene rings is 1. The van der Waals surface area contributed by atoms with Crippen molar-refractivity contribution in [1.82, 2.24) is 0 Å². The zero-order chi connectivity index (χ0) is 7.40. The number of aryl methyl sites for hydroxylation is 1. The monoisotopic (exact) mass is 153 g/mol. The first-order valence-electron chi connectivity index (χ1n) is 3.43. The van der Waals surface area contributed by atoms with Gasteiger partial charge in [0.15, 0.2) is 0 Å². The smallest absolute Gasteiger partial charge is 0.118 e. The number of nitrogens with zero attached hydrogens (tertiary/aromatic N) is 1. The lowest BCUT2D eigenvalue weighted by atomic mass is 10.2. The van der Waals surface area contributed by atoms with Gasteiger partial charge in [-0.3, -0.25) is 4.99 Å². The molecule has 0 fully saturated rings. The molecule has 0 amide bonds. The van der Waals surface area contributed by atoms with Crippen LogP contribution in [0.1, 0.15) is 19.4 Å². The van der Waals surface area contributed by atoms with Crippen molar-refractivity contribution in [1.29, 1.82) is 0 Å². The van der Waals surface area contributed by atoms with Gasteiger partial charge in [-0.2, -0.15) is 0 Å². The molecular formula is C8H11NS. The molecule has 0 spiro atoms. The highest BCUT2D eigenvalue weighted by Crippen LogP contribution is 2.26. The second-order valence-corrected chi connectivity index (χ2v) is 2.89. The third-order valence-corrected chi connectivity index (χ3v) is 2.21. The predicted molar refractivity (Wildman–Crippen MR) is 47.5 cm³/mol. The SMILES string of the molecule is CC=Nc1sccc1CC. The topological polar surface area (TPSA) is 12.4 Å². The Balaban J connectivity index is 2.90. The molecule has 0 saturated carbocycles. The van der Waals surface area contributed by atoms with E-state index in [-0.39, 0.29) is 0 Å². The molecule has 0 saturated heterocycles. The van der Waals surface area contributed by atoms with Crippen LogP contribution in [-0.2, 0) is 6.42 Å². The van der Waals surface area contributed by atoms with Gasteiger partial charge in [0.1, 0.15) is 5.00 Å². The van der Waals surface area contributed by atoms with E-state index in [1.165, 1.54) is 5.56 Å². The number of rotatable bonds is 2. The molecule has 0 atom stereocenters. The van der Waals surface area contributed by atoms with Crippen LogP contribution in [0, 0.1) is 0 Å². The summed E-state index contributed by atoms with van der Waals surface area (Å²) in [5.74, 6) is 0. The highest BCUT2D eigenvalue weighted by molar-refractivity contribution is 7.14. The van der Waals surface area contributed by atoms with Gasteiger partial charge in [0.25, 0.3) is 0 Å². The molecule has 0 unspecified atom stereocenters. The third kappa shape index (κ3) is 1.45. The largest absolute Gasteiger partial charge is 0.250 e. The van der Waals surface area contributed by atoms with E-state index in [0.717, 1.165) is 11.4 Å². The second kappa shape index (κ2) is 3.52. The number of hydrogen-bond acceptors (Lipinski definition) is 2. The van der Waals surface area contributed by atoms with Crippen LogP contribution < -0.4 is 0 Å². The summed E-state index contributed by atoms with van der Waals surface area (Å²) in [6.45, 7) is 4.09. The number of aliphatic imine (C=N–C) groups is 1. The van der Waals surface area contributed by atoms with Crippen LogP contribution in [0.5, 0.6) is 0 Å². The Morgan fingerprint density at radius 2 is 2.50 bits per heavy atom. The zero-order valence-corrected chi connectivity index (χ0v) is 7.11. The average Bonchev–Trinajstić information content (AvgIpc) is 2.36. The lowest BCUT2D eigenvalue weighted by Gasteiger charge is -1.90. The van der Waals surface area contributed by atoms with Crippen molar-refractivity contribution in [2.75, 3.05) is 0 Å². The van der Waals surface area contributed by atoms with E-state index >= 15 is 0 Å². The Morgan fingerprint density at radius 1 is 1.70 bits per heavy atom. The van der Waals surface area contributed by atoms with Crippen LogP contribution in [0.4, 0.5) is 5.00 Å². The highest BCUT2D eigenvalue weighted by Gasteiger charge is 1.97. The van der Waals surface area contributed by atoms with E-state index in [9.17, 15) is 0 Å². The normalized spacial score (nSPS) is 11.0. The van der Waals surface area contributed by atoms with Gasteiger partial charge in [0.2, 0.25) is 0 Å². The molecule has 2 heteroatoms. The molecule has 1 aromatic heterocycles. The molecular weight excluding hydrogens is 142 g/mol. The Labute approximate surface area is 65.4 Å². The summed E-state index contributed by atoms with van der Waals surface area (Å²) in [6.07, 6.45) is 2.92. The first-order chi connectivity index (χ1) is 4.88. The van der Waals surface area contributed by atoms with Crippen molar-refractivity contribution < 1.29 is 0 Å². The fourth-order valence-electron chi connectivity index (χ4n) is 0.827. The van der Waals surface area contributed by atoms with E-state index in [1.807, 2.05) is 13.1 Å². The van der Waals surface area contributed by atoms with Gasteiger partial charge in [-0.05, 0) is 30.4 Å². The van der Waals surface area contributed by atoms with Gasteiger partial charge in [-0.1, -0.05) is 6.92 Å². The first kappa shape index (κ1) is 7.48. The summed E-state index contributed by atoms with van der Waals surface area (Å²) in [7, 11) is 0. The van der Waals surface area contributed by atoms with Crippen LogP contribution in [0.2, 0.25) is 0 Å². The zero-order valence-electron chi connectivity index (χ0n) is 6.29. The van der Waals surface area contributed by atoms with Crippen molar-refractivity contribution >= 4 is 22.6 Å². The lowest BCUT2D eigenvalue weighted by molar-refractivity contribution is 1.15. The summed E-state index contributed by atoms with van der Waals surface area (Å²) in [4.78, 5) is 4.23. The van der Waals surface area contributed by atoms with E-state index < -0.39 is 0 Å². The van der Waals surface area contributed by atoms with Crippen molar-refractivity contribution in [3.63, 3.8) is 0 Å². The fourth-order valence-corrected chi connectivity index (χ4v) is 1.72. The molecule has 0 bridgehead atoms. The summed E-state index contributed by atoms with van der Waals surface area (Å²) < 4.78 is 0. The minimum Gasteiger partial charge on any atom is -0.250 e. The summed E-state index contributed by atoms with van der Waals surface area (Å²) in [6, 6.07) is 2.13. The van der Waals surface area contributed by atoms with Crippen LogP contribution in [0.15, 0.2) is 16.4 Å². The molecule has 0 aromatic carbocycles. The molecule has 1 nitrogen and oxygen atoms in total. The van der Waals surface area contributed by atoms with Gasteiger partial charge in [0.05, 0.1) is 0 Å². The molecule has 1 rings (SSSR count). The Bertz CT molecular complexity index is 225. The Morgan fingerprint density at radius 3 is 3.10 bits per heavy atom. The summed E-state index contributed by atoms with van der Waals surface area (Å²) in [5.41, 5.74) is 1.35. The van der Waals surface area contributed by atoms with Crippen molar-refractivity contribution in [3.8, 4) is 0 Å². The molecule has 0 radical (unpaired) electrons. The summed E-state index contributed by atoms with van der Waals surface area (Å²) >= 11 is 1.70. The minimum atomic E-state index is 1.08. The first-order valence-corrected chi connectivity index (χ1v) is 4.31. The van der Waals surface area contributed by atoms with Gasteiger partial charge in [-0.15, -0.1) is 11.3 Å².